The Bertz CT molecular complexity index is 299. The summed E-state index contributed by atoms with van der Waals surface area (Å²) in [6.45, 7) is 9.32. The highest BCUT2D eigenvalue weighted by Gasteiger charge is 2.31. The van der Waals surface area contributed by atoms with E-state index in [-0.39, 0.29) is 12.6 Å². The van der Waals surface area contributed by atoms with E-state index in [4.69, 9.17) is 0 Å². The van der Waals surface area contributed by atoms with Crippen LogP contribution in [0.2, 0.25) is 0 Å². The highest BCUT2D eigenvalue weighted by molar-refractivity contribution is 5.77. The number of amides is 2. The second-order valence-electron chi connectivity index (χ2n) is 5.57. The SMILES string of the molecule is CCCCN(CCCC)C(=O)NCC(C)(CC)C(=O)O. The number of hydrogen-bond acceptors (Lipinski definition) is 2. The molecule has 0 aliphatic heterocycles. The highest BCUT2D eigenvalue weighted by atomic mass is 16.4. The Hall–Kier alpha value is -1.26. The first-order chi connectivity index (χ1) is 9.41. The number of carboxylic acid groups (broad SMARTS) is 1. The summed E-state index contributed by atoms with van der Waals surface area (Å²) >= 11 is 0. The third-order valence-corrected chi connectivity index (χ3v) is 3.78. The molecule has 2 amide bonds. The largest absolute Gasteiger partial charge is 0.481 e. The van der Waals surface area contributed by atoms with Crippen molar-refractivity contribution in [1.82, 2.24) is 10.2 Å². The van der Waals surface area contributed by atoms with Crippen LogP contribution in [-0.4, -0.2) is 41.6 Å². The zero-order valence-electron chi connectivity index (χ0n) is 13.4. The van der Waals surface area contributed by atoms with Crippen LogP contribution in [-0.2, 0) is 4.79 Å². The van der Waals surface area contributed by atoms with Gasteiger partial charge in [0.25, 0.3) is 0 Å². The summed E-state index contributed by atoms with van der Waals surface area (Å²) in [4.78, 5) is 25.2. The fourth-order valence-electron chi connectivity index (χ4n) is 1.75. The monoisotopic (exact) mass is 286 g/mol. The molecule has 0 saturated heterocycles. The summed E-state index contributed by atoms with van der Waals surface area (Å²) in [5.74, 6) is -0.867. The summed E-state index contributed by atoms with van der Waals surface area (Å²) in [5.41, 5.74) is -0.892. The second-order valence-corrected chi connectivity index (χ2v) is 5.57. The molecule has 0 bridgehead atoms. The van der Waals surface area contributed by atoms with Gasteiger partial charge in [0, 0.05) is 19.6 Å². The lowest BCUT2D eigenvalue weighted by atomic mass is 9.88. The van der Waals surface area contributed by atoms with Gasteiger partial charge in [-0.3, -0.25) is 4.79 Å². The van der Waals surface area contributed by atoms with Crippen LogP contribution in [0.3, 0.4) is 0 Å². The number of carbonyl (C=O) groups is 2. The second kappa shape index (κ2) is 9.61. The molecule has 0 rings (SSSR count). The fraction of sp³-hybridized carbons (Fsp3) is 0.867. The number of hydrogen-bond donors (Lipinski definition) is 2. The maximum atomic E-state index is 12.2. The Kier molecular flexibility index (Phi) is 9.01. The molecule has 1 atom stereocenters. The summed E-state index contributed by atoms with van der Waals surface area (Å²) in [6.07, 6.45) is 4.52. The zero-order chi connectivity index (χ0) is 15.6. The molecule has 20 heavy (non-hydrogen) atoms. The van der Waals surface area contributed by atoms with Gasteiger partial charge in [0.1, 0.15) is 0 Å². The number of aliphatic carboxylic acids is 1. The van der Waals surface area contributed by atoms with Crippen molar-refractivity contribution in [1.29, 1.82) is 0 Å². The first-order valence-corrected chi connectivity index (χ1v) is 7.67. The lowest BCUT2D eigenvalue weighted by molar-refractivity contribution is -0.147. The van der Waals surface area contributed by atoms with Crippen LogP contribution in [0.1, 0.15) is 59.8 Å². The van der Waals surface area contributed by atoms with E-state index < -0.39 is 11.4 Å². The Morgan fingerprint density at radius 3 is 1.95 bits per heavy atom. The predicted molar refractivity (Wildman–Crippen MR) is 80.8 cm³/mol. The van der Waals surface area contributed by atoms with Crippen molar-refractivity contribution in [3.8, 4) is 0 Å². The summed E-state index contributed by atoms with van der Waals surface area (Å²) < 4.78 is 0. The lowest BCUT2D eigenvalue weighted by Crippen LogP contribution is -2.47. The maximum absolute atomic E-state index is 12.2. The Morgan fingerprint density at radius 1 is 1.10 bits per heavy atom. The van der Waals surface area contributed by atoms with Crippen molar-refractivity contribution in [3.63, 3.8) is 0 Å². The summed E-state index contributed by atoms with van der Waals surface area (Å²) in [5, 5.41) is 12.0. The van der Waals surface area contributed by atoms with Gasteiger partial charge < -0.3 is 15.3 Å². The molecule has 0 spiro atoms. The molecule has 0 fully saturated rings. The molecule has 2 N–H and O–H groups in total. The Morgan fingerprint density at radius 2 is 1.60 bits per heavy atom. The molecular formula is C15H30N2O3. The maximum Gasteiger partial charge on any atom is 0.317 e. The molecule has 0 heterocycles. The third-order valence-electron chi connectivity index (χ3n) is 3.78. The molecule has 0 saturated carbocycles. The summed E-state index contributed by atoms with van der Waals surface area (Å²) in [7, 11) is 0. The minimum Gasteiger partial charge on any atom is -0.481 e. The van der Waals surface area contributed by atoms with E-state index in [0.717, 1.165) is 38.8 Å². The van der Waals surface area contributed by atoms with E-state index in [2.05, 4.69) is 19.2 Å². The standard InChI is InChI=1S/C15H30N2O3/c1-5-8-10-17(11-9-6-2)14(20)16-12-15(4,7-3)13(18)19/h5-12H2,1-4H3,(H,16,20)(H,18,19). The number of urea groups is 1. The average molecular weight is 286 g/mol. The van der Waals surface area contributed by atoms with E-state index in [1.807, 2.05) is 6.92 Å². The van der Waals surface area contributed by atoms with E-state index in [9.17, 15) is 14.7 Å². The first kappa shape index (κ1) is 18.7. The van der Waals surface area contributed by atoms with Gasteiger partial charge in [0.05, 0.1) is 5.41 Å². The lowest BCUT2D eigenvalue weighted by Gasteiger charge is -2.27. The van der Waals surface area contributed by atoms with Gasteiger partial charge in [-0.25, -0.2) is 4.79 Å². The molecule has 1 unspecified atom stereocenters. The Labute approximate surface area is 122 Å². The predicted octanol–water partition coefficient (Wildman–Crippen LogP) is 3.10. The van der Waals surface area contributed by atoms with Crippen molar-refractivity contribution >= 4 is 12.0 Å². The van der Waals surface area contributed by atoms with Crippen LogP contribution < -0.4 is 5.32 Å². The van der Waals surface area contributed by atoms with Gasteiger partial charge in [-0.2, -0.15) is 0 Å². The van der Waals surface area contributed by atoms with Crippen LogP contribution >= 0.6 is 0 Å². The van der Waals surface area contributed by atoms with E-state index in [1.54, 1.807) is 11.8 Å². The molecule has 0 aromatic carbocycles. The third kappa shape index (κ3) is 6.26. The zero-order valence-corrected chi connectivity index (χ0v) is 13.4. The van der Waals surface area contributed by atoms with Crippen molar-refractivity contribution < 1.29 is 14.7 Å². The smallest absolute Gasteiger partial charge is 0.317 e. The topological polar surface area (TPSA) is 69.6 Å². The van der Waals surface area contributed by atoms with Gasteiger partial charge in [-0.15, -0.1) is 0 Å². The molecule has 5 heteroatoms. The van der Waals surface area contributed by atoms with Crippen LogP contribution in [0, 0.1) is 5.41 Å². The van der Waals surface area contributed by atoms with Gasteiger partial charge in [-0.1, -0.05) is 33.6 Å². The number of nitrogens with zero attached hydrogens (tertiary/aromatic N) is 1. The summed E-state index contributed by atoms with van der Waals surface area (Å²) in [6, 6.07) is -0.146. The van der Waals surface area contributed by atoms with E-state index in [1.165, 1.54) is 0 Å². The van der Waals surface area contributed by atoms with Gasteiger partial charge in [-0.05, 0) is 26.2 Å². The van der Waals surface area contributed by atoms with Gasteiger partial charge >= 0.3 is 12.0 Å². The van der Waals surface area contributed by atoms with E-state index in [0.29, 0.717) is 6.42 Å². The van der Waals surface area contributed by atoms with E-state index >= 15 is 0 Å². The number of carboxylic acids is 1. The number of unbranched alkanes of at least 4 members (excludes halogenated alkanes) is 2. The van der Waals surface area contributed by atoms with Crippen molar-refractivity contribution in [2.24, 2.45) is 5.41 Å². The molecule has 0 aromatic rings. The number of rotatable bonds is 10. The molecule has 5 nitrogen and oxygen atoms in total. The fourth-order valence-corrected chi connectivity index (χ4v) is 1.75. The van der Waals surface area contributed by atoms with Crippen LogP contribution in [0.15, 0.2) is 0 Å². The minimum absolute atomic E-state index is 0.146. The van der Waals surface area contributed by atoms with Gasteiger partial charge in [0.2, 0.25) is 0 Å². The van der Waals surface area contributed by atoms with Crippen LogP contribution in [0.25, 0.3) is 0 Å². The first-order valence-electron chi connectivity index (χ1n) is 7.67. The van der Waals surface area contributed by atoms with Crippen LogP contribution in [0.5, 0.6) is 0 Å². The Balaban J connectivity index is 4.46. The molecule has 0 aliphatic rings. The van der Waals surface area contributed by atoms with Crippen molar-refractivity contribution in [3.05, 3.63) is 0 Å². The minimum atomic E-state index is -0.892. The quantitative estimate of drug-likeness (QED) is 0.648. The molecule has 0 aliphatic carbocycles. The molecular weight excluding hydrogens is 256 g/mol. The molecule has 118 valence electrons. The van der Waals surface area contributed by atoms with Crippen molar-refractivity contribution in [2.75, 3.05) is 19.6 Å². The van der Waals surface area contributed by atoms with Gasteiger partial charge in [0.15, 0.2) is 0 Å². The molecule has 0 aromatic heterocycles. The number of nitrogens with one attached hydrogen (secondary N) is 1. The van der Waals surface area contributed by atoms with Crippen molar-refractivity contribution in [2.45, 2.75) is 59.8 Å². The highest BCUT2D eigenvalue weighted by Crippen LogP contribution is 2.20. The normalized spacial score (nSPS) is 13.6. The number of carbonyl (C=O) groups excluding carboxylic acids is 1. The van der Waals surface area contributed by atoms with Crippen LogP contribution in [0.4, 0.5) is 4.79 Å². The average Bonchev–Trinajstić information content (AvgIpc) is 2.44. The molecule has 0 radical (unpaired) electrons.